The van der Waals surface area contributed by atoms with Gasteiger partial charge in [0.1, 0.15) is 60.4 Å². The van der Waals surface area contributed by atoms with Crippen LogP contribution in [-0.2, 0) is 59.2 Å². The van der Waals surface area contributed by atoms with Gasteiger partial charge in [0.05, 0.1) is 12.2 Å². The van der Waals surface area contributed by atoms with E-state index in [4.69, 9.17) is 28.7 Å². The van der Waals surface area contributed by atoms with Crippen molar-refractivity contribution in [2.45, 2.75) is 204 Å². The van der Waals surface area contributed by atoms with Crippen molar-refractivity contribution in [2.75, 3.05) is 39.3 Å². The molecular formula is C57H100N16O13. The van der Waals surface area contributed by atoms with E-state index in [-0.39, 0.29) is 90.0 Å². The number of carbonyl (C=O) groups excluding carboxylic acids is 11. The molecule has 0 spiro atoms. The van der Waals surface area contributed by atoms with Crippen molar-refractivity contribution in [3.05, 3.63) is 35.9 Å². The second-order valence-electron chi connectivity index (χ2n) is 22.4. The highest BCUT2D eigenvalue weighted by molar-refractivity contribution is 5.99. The lowest BCUT2D eigenvalue weighted by Crippen LogP contribution is -2.62. The summed E-state index contributed by atoms with van der Waals surface area (Å²) in [6, 6.07) is -6.16. The molecule has 29 nitrogen and oxygen atoms in total. The molecule has 86 heavy (non-hydrogen) atoms. The van der Waals surface area contributed by atoms with Crippen molar-refractivity contribution in [3.8, 4) is 0 Å². The fourth-order valence-corrected chi connectivity index (χ4v) is 9.28. The van der Waals surface area contributed by atoms with Gasteiger partial charge in [-0.05, 0) is 122 Å². The van der Waals surface area contributed by atoms with Crippen LogP contribution in [0.25, 0.3) is 0 Å². The Morgan fingerprint density at radius 2 is 1.08 bits per heavy atom. The van der Waals surface area contributed by atoms with Gasteiger partial charge in [-0.1, -0.05) is 77.3 Å². The second-order valence-corrected chi connectivity index (χ2v) is 22.4. The van der Waals surface area contributed by atoms with Gasteiger partial charge in [0.2, 0.25) is 65.0 Å². The van der Waals surface area contributed by atoms with Gasteiger partial charge in [0.15, 0.2) is 0 Å². The van der Waals surface area contributed by atoms with Gasteiger partial charge in [-0.25, -0.2) is 0 Å². The Kier molecular flexibility index (Phi) is 35.4. The van der Waals surface area contributed by atoms with Crippen LogP contribution in [0.5, 0.6) is 0 Å². The average molecular weight is 1220 g/mol. The third-order valence-electron chi connectivity index (χ3n) is 14.5. The van der Waals surface area contributed by atoms with Crippen LogP contribution in [0.15, 0.2) is 30.3 Å². The number of aliphatic hydroxyl groups is 2. The molecule has 1 saturated heterocycles. The Hall–Kier alpha value is -6.89. The number of rotatable bonds is 30. The summed E-state index contributed by atoms with van der Waals surface area (Å²) in [6.45, 7) is 9.24. The molecule has 1 aromatic rings. The number of carbonyl (C=O) groups is 11. The van der Waals surface area contributed by atoms with Crippen LogP contribution >= 0.6 is 0 Å². The van der Waals surface area contributed by atoms with E-state index < -0.39 is 151 Å². The molecule has 0 aliphatic carbocycles. The first-order valence-corrected chi connectivity index (χ1v) is 30.0. The number of hydrogen-bond donors (Lipinski definition) is 18. The molecule has 0 radical (unpaired) electrons. The quantitative estimate of drug-likeness (QED) is 0.0321. The van der Waals surface area contributed by atoms with E-state index >= 15 is 0 Å². The Balaban J connectivity index is 2.68. The van der Waals surface area contributed by atoms with Crippen molar-refractivity contribution >= 4 is 65.0 Å². The molecule has 0 aromatic heterocycles. The first-order valence-electron chi connectivity index (χ1n) is 30.0. The molecule has 1 aliphatic rings. The maximum Gasteiger partial charge on any atom is 0.245 e. The average Bonchev–Trinajstić information content (AvgIpc) is 3.68. The predicted octanol–water partition coefficient (Wildman–Crippen LogP) is -4.85. The van der Waals surface area contributed by atoms with Gasteiger partial charge in [-0.15, -0.1) is 0 Å². The van der Waals surface area contributed by atoms with E-state index in [0.717, 1.165) is 19.3 Å². The predicted molar refractivity (Wildman–Crippen MR) is 321 cm³/mol. The first-order chi connectivity index (χ1) is 40.8. The molecule has 486 valence electrons. The zero-order valence-corrected chi connectivity index (χ0v) is 50.9. The van der Waals surface area contributed by atoms with Gasteiger partial charge in [0, 0.05) is 19.4 Å². The number of nitrogens with one attached hydrogen (secondary N) is 11. The first kappa shape index (κ1) is 75.2. The van der Waals surface area contributed by atoms with Gasteiger partial charge in [-0.2, -0.15) is 0 Å². The largest absolute Gasteiger partial charge is 0.391 e. The SMILES string of the molecule is CC[C@H](C)CCCCC(=O)N[C@H](CCCN)C(=O)N[C@H](C(=O)N[C@@H](CCN)C(=O)NC1CCNC(=O)[C@@H]([C@H](C)O)NC(=O)[C@H](CCN)NC(=O)[C@H](CCN)NC(=O)[C@@H](CC(C)C)NC(=O)[C@@H](Cc2ccccc2)NC(=O)[C@@H](CCN)NC1=O)[C@@H](C)O. The zero-order valence-electron chi connectivity index (χ0n) is 50.9. The third-order valence-corrected chi connectivity index (χ3v) is 14.5. The molecule has 23 N–H and O–H groups in total. The maximum absolute atomic E-state index is 14.6. The van der Waals surface area contributed by atoms with Crippen molar-refractivity contribution in [1.29, 1.82) is 0 Å². The molecule has 1 fully saturated rings. The van der Waals surface area contributed by atoms with Crippen LogP contribution < -0.4 is 87.2 Å². The number of benzene rings is 1. The molecule has 11 amide bonds. The summed E-state index contributed by atoms with van der Waals surface area (Å²) in [5, 5.41) is 49.9. The van der Waals surface area contributed by atoms with Gasteiger partial charge in [-0.3, -0.25) is 52.7 Å². The molecular weight excluding hydrogens is 1120 g/mol. The van der Waals surface area contributed by atoms with Crippen molar-refractivity contribution in [3.63, 3.8) is 0 Å². The summed E-state index contributed by atoms with van der Waals surface area (Å²) in [7, 11) is 0. The summed E-state index contributed by atoms with van der Waals surface area (Å²) in [4.78, 5) is 154. The Labute approximate surface area is 504 Å². The summed E-state index contributed by atoms with van der Waals surface area (Å²) >= 11 is 0. The van der Waals surface area contributed by atoms with Crippen LogP contribution in [0.2, 0.25) is 0 Å². The molecule has 1 unspecified atom stereocenters. The zero-order chi connectivity index (χ0) is 64.5. The number of unbranched alkanes of at least 4 members (excludes halogenated alkanes) is 1. The Morgan fingerprint density at radius 1 is 0.558 bits per heavy atom. The fourth-order valence-electron chi connectivity index (χ4n) is 9.28. The highest BCUT2D eigenvalue weighted by Gasteiger charge is 2.37. The molecule has 0 saturated carbocycles. The molecule has 2 rings (SSSR count). The Morgan fingerprint density at radius 3 is 1.60 bits per heavy atom. The van der Waals surface area contributed by atoms with E-state index in [2.05, 4.69) is 72.3 Å². The van der Waals surface area contributed by atoms with Crippen molar-refractivity contribution < 1.29 is 63.0 Å². The summed E-state index contributed by atoms with van der Waals surface area (Å²) in [6.07, 6.45) is -0.560. The molecule has 1 heterocycles. The Bertz CT molecular complexity index is 2330. The summed E-state index contributed by atoms with van der Waals surface area (Å²) < 4.78 is 0. The van der Waals surface area contributed by atoms with Crippen LogP contribution in [0.3, 0.4) is 0 Å². The number of hydrogen-bond acceptors (Lipinski definition) is 18. The normalized spacial score (nSPS) is 22.8. The highest BCUT2D eigenvalue weighted by Crippen LogP contribution is 2.14. The molecule has 1 aromatic carbocycles. The number of amides is 11. The maximum atomic E-state index is 14.6. The van der Waals surface area contributed by atoms with E-state index in [0.29, 0.717) is 24.3 Å². The molecule has 0 bridgehead atoms. The molecule has 1 aliphatic heterocycles. The standard InChI is InChI=1S/C57H100N16O13/c1-7-33(4)14-11-12-18-45(76)64-37(17-13-24-58)52(81)73-47(35(6)75)57(86)69-40(21-27-61)49(78)68-42-23-29-63-56(85)46(34(5)74)72-53(82)41(22-28-62)66-48(77)38(19-25-59)67-54(83)43(30-32(2)3)70-55(84)44(31-36-15-9-8-10-16-36)71-50(79)39(20-26-60)65-51(42)80/h8-10,15-16,32-35,37-44,46-47,74-75H,7,11-14,17-31,58-62H2,1-6H3,(H,63,85)(H,64,76)(H,65,80)(H,66,77)(H,67,83)(H,68,78)(H,69,86)(H,70,84)(H,71,79)(H,72,82)(H,73,81)/t33-,34-,35+,37+,38-,39+,40-,41-,42?,43+,44+,46+,47-/m0/s1. The van der Waals surface area contributed by atoms with Crippen molar-refractivity contribution in [2.24, 2.45) is 40.5 Å². The van der Waals surface area contributed by atoms with Gasteiger partial charge in [0.25, 0.3) is 0 Å². The van der Waals surface area contributed by atoms with Crippen LogP contribution in [0, 0.1) is 11.8 Å². The topological polar surface area (TPSA) is 491 Å². The second kappa shape index (κ2) is 40.5. The van der Waals surface area contributed by atoms with E-state index in [1.807, 2.05) is 0 Å². The van der Waals surface area contributed by atoms with E-state index in [1.54, 1.807) is 44.2 Å². The third kappa shape index (κ3) is 27.2. The summed E-state index contributed by atoms with van der Waals surface area (Å²) in [5.41, 5.74) is 29.9. The van der Waals surface area contributed by atoms with Crippen LogP contribution in [0.1, 0.15) is 131 Å². The monoisotopic (exact) mass is 1220 g/mol. The molecule has 29 heteroatoms. The summed E-state index contributed by atoms with van der Waals surface area (Å²) in [5.74, 6) is -9.37. The number of nitrogens with two attached hydrogens (primary N) is 5. The lowest BCUT2D eigenvalue weighted by atomic mass is 10.00. The lowest BCUT2D eigenvalue weighted by molar-refractivity contribution is -0.137. The van der Waals surface area contributed by atoms with Crippen LogP contribution in [-0.4, -0.2) is 187 Å². The van der Waals surface area contributed by atoms with Crippen LogP contribution in [0.4, 0.5) is 0 Å². The van der Waals surface area contributed by atoms with E-state index in [9.17, 15) is 63.0 Å². The van der Waals surface area contributed by atoms with Crippen molar-refractivity contribution in [1.82, 2.24) is 58.5 Å². The minimum Gasteiger partial charge on any atom is -0.391 e. The minimum atomic E-state index is -1.69. The van der Waals surface area contributed by atoms with Gasteiger partial charge >= 0.3 is 0 Å². The van der Waals surface area contributed by atoms with E-state index in [1.165, 1.54) is 13.8 Å². The van der Waals surface area contributed by atoms with Gasteiger partial charge < -0.3 is 97.4 Å². The highest BCUT2D eigenvalue weighted by atomic mass is 16.3. The lowest BCUT2D eigenvalue weighted by Gasteiger charge is -2.29. The molecule has 13 atom stereocenters. The number of aliphatic hydroxyl groups excluding tert-OH is 2. The minimum absolute atomic E-state index is 0.0456. The fraction of sp³-hybridized carbons (Fsp3) is 0.702. The smallest absolute Gasteiger partial charge is 0.245 e.